The summed E-state index contributed by atoms with van der Waals surface area (Å²) in [6.45, 7) is 4.25. The second-order valence-electron chi connectivity index (χ2n) is 8.28. The van der Waals surface area contributed by atoms with E-state index in [1.807, 2.05) is 26.0 Å². The van der Waals surface area contributed by atoms with Crippen molar-refractivity contribution in [2.45, 2.75) is 45.7 Å². The SMILES string of the molecule is CC(C)C(=O)N[C@@H]1CCc2c(c3cc(C(=O)O)ccc3n2Cc2cccc(F)c2)C1. The second kappa shape index (κ2) is 7.94. The van der Waals surface area contributed by atoms with Gasteiger partial charge in [-0.15, -0.1) is 0 Å². The summed E-state index contributed by atoms with van der Waals surface area (Å²) in [5, 5.41) is 13.5. The fraction of sp³-hybridized carbons (Fsp3) is 0.333. The minimum Gasteiger partial charge on any atom is -0.478 e. The van der Waals surface area contributed by atoms with Gasteiger partial charge in [0.1, 0.15) is 5.82 Å². The first kappa shape index (κ1) is 20.1. The Kier molecular flexibility index (Phi) is 5.33. The normalized spacial score (nSPS) is 15.9. The zero-order valence-electron chi connectivity index (χ0n) is 17.1. The molecule has 0 unspecified atom stereocenters. The van der Waals surface area contributed by atoms with Crippen LogP contribution in [0.3, 0.4) is 0 Å². The summed E-state index contributed by atoms with van der Waals surface area (Å²) in [7, 11) is 0. The lowest BCUT2D eigenvalue weighted by Gasteiger charge is -2.26. The summed E-state index contributed by atoms with van der Waals surface area (Å²) in [4.78, 5) is 23.7. The summed E-state index contributed by atoms with van der Waals surface area (Å²) in [6, 6.07) is 11.7. The largest absolute Gasteiger partial charge is 0.478 e. The molecule has 1 aliphatic rings. The maximum Gasteiger partial charge on any atom is 0.335 e. The van der Waals surface area contributed by atoms with Crippen molar-refractivity contribution in [2.75, 3.05) is 0 Å². The monoisotopic (exact) mass is 408 g/mol. The van der Waals surface area contributed by atoms with E-state index in [1.54, 1.807) is 18.2 Å². The number of carbonyl (C=O) groups is 2. The maximum atomic E-state index is 13.7. The highest BCUT2D eigenvalue weighted by molar-refractivity contribution is 5.95. The van der Waals surface area contributed by atoms with E-state index in [2.05, 4.69) is 9.88 Å². The Labute approximate surface area is 174 Å². The third-order valence-corrected chi connectivity index (χ3v) is 5.81. The number of carbonyl (C=O) groups excluding carboxylic acids is 1. The smallest absolute Gasteiger partial charge is 0.335 e. The van der Waals surface area contributed by atoms with Crippen LogP contribution in [0, 0.1) is 11.7 Å². The molecular weight excluding hydrogens is 383 g/mol. The van der Waals surface area contributed by atoms with E-state index in [1.165, 1.54) is 12.1 Å². The number of hydrogen-bond donors (Lipinski definition) is 2. The molecule has 5 nitrogen and oxygen atoms in total. The molecule has 1 aliphatic carbocycles. The van der Waals surface area contributed by atoms with Crippen LogP contribution in [0.1, 0.15) is 47.4 Å². The predicted octanol–water partition coefficient (Wildman–Crippen LogP) is 4.16. The topological polar surface area (TPSA) is 71.3 Å². The third-order valence-electron chi connectivity index (χ3n) is 5.81. The molecule has 1 heterocycles. The number of carboxylic acid groups (broad SMARTS) is 1. The van der Waals surface area contributed by atoms with Crippen molar-refractivity contribution in [3.8, 4) is 0 Å². The summed E-state index contributed by atoms with van der Waals surface area (Å²) in [6.07, 6.45) is 2.24. The number of aromatic carboxylic acids is 1. The van der Waals surface area contributed by atoms with E-state index in [0.29, 0.717) is 13.0 Å². The molecule has 0 saturated heterocycles. The fourth-order valence-corrected chi connectivity index (χ4v) is 4.27. The standard InChI is InChI=1S/C24H25FN2O3/c1-14(2)23(28)26-18-7-9-22-20(12-18)19-11-16(24(29)30)6-8-21(19)27(22)13-15-4-3-5-17(25)10-15/h3-6,8,10-11,14,18H,7,9,12-13H2,1-2H3,(H,26,28)(H,29,30)/t18-/m1/s1. The van der Waals surface area contributed by atoms with Gasteiger partial charge < -0.3 is 15.0 Å². The van der Waals surface area contributed by atoms with Crippen LogP contribution in [0.5, 0.6) is 0 Å². The van der Waals surface area contributed by atoms with E-state index in [0.717, 1.165) is 40.6 Å². The summed E-state index contributed by atoms with van der Waals surface area (Å²) in [5.74, 6) is -1.30. The Hall–Kier alpha value is -3.15. The second-order valence-corrected chi connectivity index (χ2v) is 8.28. The van der Waals surface area contributed by atoms with Gasteiger partial charge in [0.25, 0.3) is 0 Å². The van der Waals surface area contributed by atoms with Gasteiger partial charge in [-0.2, -0.15) is 0 Å². The number of amides is 1. The molecule has 1 atom stereocenters. The van der Waals surface area contributed by atoms with E-state index in [9.17, 15) is 19.1 Å². The molecule has 0 spiro atoms. The molecule has 1 aromatic heterocycles. The van der Waals surface area contributed by atoms with Gasteiger partial charge >= 0.3 is 5.97 Å². The Balaban J connectivity index is 1.78. The van der Waals surface area contributed by atoms with Crippen LogP contribution < -0.4 is 5.32 Å². The van der Waals surface area contributed by atoms with E-state index in [-0.39, 0.29) is 29.2 Å². The first-order chi connectivity index (χ1) is 14.3. The van der Waals surface area contributed by atoms with Gasteiger partial charge in [-0.25, -0.2) is 9.18 Å². The molecule has 0 fully saturated rings. The van der Waals surface area contributed by atoms with Gasteiger partial charge in [-0.05, 0) is 60.7 Å². The molecule has 0 aliphatic heterocycles. The minimum atomic E-state index is -0.969. The van der Waals surface area contributed by atoms with E-state index < -0.39 is 5.97 Å². The number of benzene rings is 2. The highest BCUT2D eigenvalue weighted by Crippen LogP contribution is 2.34. The molecule has 2 aromatic carbocycles. The molecule has 6 heteroatoms. The van der Waals surface area contributed by atoms with Crippen LogP contribution in [0.25, 0.3) is 10.9 Å². The van der Waals surface area contributed by atoms with E-state index in [4.69, 9.17) is 0 Å². The lowest BCUT2D eigenvalue weighted by molar-refractivity contribution is -0.124. The van der Waals surface area contributed by atoms with Crippen molar-refractivity contribution in [3.05, 3.63) is 70.7 Å². The zero-order chi connectivity index (χ0) is 21.4. The summed E-state index contributed by atoms with van der Waals surface area (Å²) in [5.41, 5.74) is 4.23. The quantitative estimate of drug-likeness (QED) is 0.666. The lowest BCUT2D eigenvalue weighted by atomic mass is 9.90. The number of hydrogen-bond acceptors (Lipinski definition) is 2. The Morgan fingerprint density at radius 2 is 2.03 bits per heavy atom. The molecule has 0 bridgehead atoms. The predicted molar refractivity (Wildman–Crippen MR) is 113 cm³/mol. The van der Waals surface area contributed by atoms with Gasteiger partial charge in [-0.3, -0.25) is 4.79 Å². The molecule has 30 heavy (non-hydrogen) atoms. The van der Waals surface area contributed by atoms with Crippen LogP contribution in [0.4, 0.5) is 4.39 Å². The number of aromatic nitrogens is 1. The Morgan fingerprint density at radius 1 is 1.23 bits per heavy atom. The number of halogens is 1. The molecular formula is C24H25FN2O3. The molecule has 3 aromatic rings. The fourth-order valence-electron chi connectivity index (χ4n) is 4.27. The highest BCUT2D eigenvalue weighted by Gasteiger charge is 2.27. The number of nitrogens with zero attached hydrogens (tertiary/aromatic N) is 1. The molecule has 4 rings (SSSR count). The Morgan fingerprint density at radius 3 is 2.73 bits per heavy atom. The molecule has 1 amide bonds. The number of rotatable bonds is 5. The van der Waals surface area contributed by atoms with Crippen LogP contribution in [-0.4, -0.2) is 27.6 Å². The van der Waals surface area contributed by atoms with Crippen LogP contribution >= 0.6 is 0 Å². The van der Waals surface area contributed by atoms with Crippen molar-refractivity contribution in [1.29, 1.82) is 0 Å². The van der Waals surface area contributed by atoms with Crippen molar-refractivity contribution in [2.24, 2.45) is 5.92 Å². The first-order valence-electron chi connectivity index (χ1n) is 10.3. The van der Waals surface area contributed by atoms with Crippen LogP contribution in [-0.2, 0) is 24.2 Å². The number of carboxylic acids is 1. The maximum absolute atomic E-state index is 13.7. The first-order valence-corrected chi connectivity index (χ1v) is 10.3. The summed E-state index contributed by atoms with van der Waals surface area (Å²) < 4.78 is 15.9. The van der Waals surface area contributed by atoms with Crippen molar-refractivity contribution in [1.82, 2.24) is 9.88 Å². The average molecular weight is 408 g/mol. The van der Waals surface area contributed by atoms with Crippen molar-refractivity contribution in [3.63, 3.8) is 0 Å². The molecule has 2 N–H and O–H groups in total. The average Bonchev–Trinajstić information content (AvgIpc) is 3.00. The Bertz CT molecular complexity index is 1130. The van der Waals surface area contributed by atoms with Gasteiger partial charge in [0.2, 0.25) is 5.91 Å². The zero-order valence-corrected chi connectivity index (χ0v) is 17.1. The van der Waals surface area contributed by atoms with Crippen LogP contribution in [0.15, 0.2) is 42.5 Å². The highest BCUT2D eigenvalue weighted by atomic mass is 19.1. The van der Waals surface area contributed by atoms with Gasteiger partial charge in [0.15, 0.2) is 0 Å². The van der Waals surface area contributed by atoms with E-state index >= 15 is 0 Å². The third kappa shape index (κ3) is 3.82. The lowest BCUT2D eigenvalue weighted by Crippen LogP contribution is -2.41. The molecule has 0 radical (unpaired) electrons. The molecule has 0 saturated carbocycles. The van der Waals surface area contributed by atoms with Crippen molar-refractivity contribution < 1.29 is 19.1 Å². The minimum absolute atomic E-state index is 0.0223. The molecule has 156 valence electrons. The van der Waals surface area contributed by atoms with Gasteiger partial charge in [-0.1, -0.05) is 26.0 Å². The van der Waals surface area contributed by atoms with Crippen molar-refractivity contribution >= 4 is 22.8 Å². The number of nitrogens with one attached hydrogen (secondary N) is 1. The number of fused-ring (bicyclic) bond motifs is 3. The van der Waals surface area contributed by atoms with Gasteiger partial charge in [0.05, 0.1) is 5.56 Å². The summed E-state index contributed by atoms with van der Waals surface area (Å²) >= 11 is 0. The van der Waals surface area contributed by atoms with Gasteiger partial charge in [0, 0.05) is 35.1 Å². The van der Waals surface area contributed by atoms with Crippen LogP contribution in [0.2, 0.25) is 0 Å².